The van der Waals surface area contributed by atoms with Crippen molar-refractivity contribution in [3.8, 4) is 5.88 Å². The molecule has 0 radical (unpaired) electrons. The monoisotopic (exact) mass is 270 g/mol. The van der Waals surface area contributed by atoms with Gasteiger partial charge < -0.3 is 10.1 Å². The molecule has 0 fully saturated rings. The number of ether oxygens (including phenoxy) is 1. The van der Waals surface area contributed by atoms with Crippen molar-refractivity contribution < 1.29 is 9.53 Å². The molecule has 0 bridgehead atoms. The lowest BCUT2D eigenvalue weighted by Crippen LogP contribution is -2.24. The van der Waals surface area contributed by atoms with Gasteiger partial charge in [0.1, 0.15) is 0 Å². The second-order valence-electron chi connectivity index (χ2n) is 4.59. The van der Waals surface area contributed by atoms with E-state index in [1.807, 2.05) is 37.3 Å². The second kappa shape index (κ2) is 6.70. The van der Waals surface area contributed by atoms with E-state index in [0.29, 0.717) is 18.8 Å². The van der Waals surface area contributed by atoms with E-state index in [9.17, 15) is 4.79 Å². The number of carbonyl (C=O) groups excluding carboxylic acids is 1. The fourth-order valence-corrected chi connectivity index (χ4v) is 1.88. The van der Waals surface area contributed by atoms with E-state index in [-0.39, 0.29) is 5.91 Å². The van der Waals surface area contributed by atoms with E-state index >= 15 is 0 Å². The average molecular weight is 270 g/mol. The number of benzene rings is 1. The summed E-state index contributed by atoms with van der Waals surface area (Å²) in [5.41, 5.74) is 3.13. The molecule has 104 valence electrons. The van der Waals surface area contributed by atoms with Gasteiger partial charge in [-0.15, -0.1) is 0 Å². The molecular weight excluding hydrogens is 252 g/mol. The van der Waals surface area contributed by atoms with Crippen LogP contribution in [0.1, 0.15) is 16.7 Å². The Morgan fingerprint density at radius 2 is 2.05 bits per heavy atom. The van der Waals surface area contributed by atoms with E-state index in [1.165, 1.54) is 0 Å². The first-order valence-corrected chi connectivity index (χ1v) is 6.49. The van der Waals surface area contributed by atoms with Crippen molar-refractivity contribution in [2.75, 3.05) is 7.11 Å². The average Bonchev–Trinajstić information content (AvgIpc) is 2.48. The summed E-state index contributed by atoms with van der Waals surface area (Å²) in [5, 5.41) is 2.89. The predicted molar refractivity (Wildman–Crippen MR) is 77.5 cm³/mol. The molecular formula is C16H18N2O2. The van der Waals surface area contributed by atoms with E-state index in [0.717, 1.165) is 16.7 Å². The van der Waals surface area contributed by atoms with Crippen LogP contribution in [0.4, 0.5) is 0 Å². The van der Waals surface area contributed by atoms with Crippen molar-refractivity contribution in [3.63, 3.8) is 0 Å². The zero-order valence-electron chi connectivity index (χ0n) is 11.7. The quantitative estimate of drug-likeness (QED) is 0.906. The number of hydrogen-bond acceptors (Lipinski definition) is 3. The zero-order chi connectivity index (χ0) is 14.4. The summed E-state index contributed by atoms with van der Waals surface area (Å²) in [4.78, 5) is 16.0. The third-order valence-corrected chi connectivity index (χ3v) is 3.11. The van der Waals surface area contributed by atoms with Crippen LogP contribution in [0.15, 0.2) is 42.6 Å². The summed E-state index contributed by atoms with van der Waals surface area (Å²) in [6.07, 6.45) is 2.10. The van der Waals surface area contributed by atoms with Gasteiger partial charge in [-0.1, -0.05) is 30.3 Å². The number of pyridine rings is 1. The Bertz CT molecular complexity index is 579. The first-order chi connectivity index (χ1) is 9.69. The maximum Gasteiger partial charge on any atom is 0.224 e. The Morgan fingerprint density at radius 1 is 1.25 bits per heavy atom. The number of nitrogens with zero attached hydrogens (tertiary/aromatic N) is 1. The number of nitrogens with one attached hydrogen (secondary N) is 1. The molecule has 0 spiro atoms. The molecule has 1 aromatic heterocycles. The molecule has 0 aliphatic carbocycles. The highest BCUT2D eigenvalue weighted by Gasteiger charge is 2.05. The standard InChI is InChI=1S/C16H18N2O2/c1-12-5-3-4-6-14(12)9-15(19)17-10-13-7-8-16(20-2)18-11-13/h3-8,11H,9-10H2,1-2H3,(H,17,19). The largest absolute Gasteiger partial charge is 0.481 e. The molecule has 1 aromatic carbocycles. The molecule has 0 aliphatic heterocycles. The second-order valence-corrected chi connectivity index (χ2v) is 4.59. The Kier molecular flexibility index (Phi) is 4.71. The van der Waals surface area contributed by atoms with Crippen LogP contribution in [-0.4, -0.2) is 18.0 Å². The van der Waals surface area contributed by atoms with Crippen LogP contribution < -0.4 is 10.1 Å². The Balaban J connectivity index is 1.87. The fourth-order valence-electron chi connectivity index (χ4n) is 1.88. The number of rotatable bonds is 5. The molecule has 20 heavy (non-hydrogen) atoms. The molecule has 4 nitrogen and oxygen atoms in total. The molecule has 0 unspecified atom stereocenters. The molecule has 1 N–H and O–H groups in total. The molecule has 2 rings (SSSR count). The molecule has 0 aliphatic rings. The van der Waals surface area contributed by atoms with Gasteiger partial charge in [-0.3, -0.25) is 4.79 Å². The van der Waals surface area contributed by atoms with E-state index in [2.05, 4.69) is 10.3 Å². The summed E-state index contributed by atoms with van der Waals surface area (Å²) in [5.74, 6) is 0.579. The highest BCUT2D eigenvalue weighted by molar-refractivity contribution is 5.78. The number of carbonyl (C=O) groups is 1. The van der Waals surface area contributed by atoms with Crippen LogP contribution in [0, 0.1) is 6.92 Å². The van der Waals surface area contributed by atoms with Crippen LogP contribution in [0.5, 0.6) is 5.88 Å². The van der Waals surface area contributed by atoms with E-state index in [1.54, 1.807) is 19.4 Å². The SMILES string of the molecule is COc1ccc(CNC(=O)Cc2ccccc2C)cn1. The van der Waals surface area contributed by atoms with Crippen molar-refractivity contribution in [1.82, 2.24) is 10.3 Å². The van der Waals surface area contributed by atoms with Crippen molar-refractivity contribution in [2.24, 2.45) is 0 Å². The van der Waals surface area contributed by atoms with Crippen molar-refractivity contribution in [3.05, 3.63) is 59.3 Å². The molecule has 0 saturated heterocycles. The smallest absolute Gasteiger partial charge is 0.224 e. The minimum Gasteiger partial charge on any atom is -0.481 e. The number of methoxy groups -OCH3 is 1. The summed E-state index contributed by atoms with van der Waals surface area (Å²) in [7, 11) is 1.58. The molecule has 0 atom stereocenters. The Labute approximate surface area is 118 Å². The summed E-state index contributed by atoms with van der Waals surface area (Å²) >= 11 is 0. The van der Waals surface area contributed by atoms with Crippen LogP contribution in [0.25, 0.3) is 0 Å². The fraction of sp³-hybridized carbons (Fsp3) is 0.250. The molecule has 4 heteroatoms. The Morgan fingerprint density at radius 3 is 2.70 bits per heavy atom. The van der Waals surface area contributed by atoms with E-state index in [4.69, 9.17) is 4.74 Å². The molecule has 0 saturated carbocycles. The lowest BCUT2D eigenvalue weighted by Gasteiger charge is -2.07. The van der Waals surface area contributed by atoms with Crippen molar-refractivity contribution in [2.45, 2.75) is 19.9 Å². The summed E-state index contributed by atoms with van der Waals surface area (Å²) in [6, 6.07) is 11.6. The summed E-state index contributed by atoms with van der Waals surface area (Å²) in [6.45, 7) is 2.48. The van der Waals surface area contributed by atoms with Crippen LogP contribution in [0.3, 0.4) is 0 Å². The highest BCUT2D eigenvalue weighted by Crippen LogP contribution is 2.08. The molecule has 1 amide bonds. The van der Waals surface area contributed by atoms with Gasteiger partial charge >= 0.3 is 0 Å². The molecule has 2 aromatic rings. The predicted octanol–water partition coefficient (Wildman–Crippen LogP) is 2.26. The maximum atomic E-state index is 11.9. The minimum atomic E-state index is 0.00937. The zero-order valence-corrected chi connectivity index (χ0v) is 11.7. The number of aromatic nitrogens is 1. The highest BCUT2D eigenvalue weighted by atomic mass is 16.5. The van der Waals surface area contributed by atoms with E-state index < -0.39 is 0 Å². The van der Waals surface area contributed by atoms with Gasteiger partial charge in [0.05, 0.1) is 13.5 Å². The normalized spacial score (nSPS) is 10.1. The van der Waals surface area contributed by atoms with Crippen LogP contribution in [0.2, 0.25) is 0 Å². The van der Waals surface area contributed by atoms with Gasteiger partial charge in [0.15, 0.2) is 0 Å². The lowest BCUT2D eigenvalue weighted by atomic mass is 10.1. The third-order valence-electron chi connectivity index (χ3n) is 3.11. The van der Waals surface area contributed by atoms with Gasteiger partial charge in [0, 0.05) is 18.8 Å². The number of amides is 1. The van der Waals surface area contributed by atoms with Crippen molar-refractivity contribution in [1.29, 1.82) is 0 Å². The van der Waals surface area contributed by atoms with Crippen LogP contribution in [-0.2, 0) is 17.8 Å². The summed E-state index contributed by atoms with van der Waals surface area (Å²) < 4.78 is 4.99. The third kappa shape index (κ3) is 3.82. The van der Waals surface area contributed by atoms with Gasteiger partial charge in [-0.25, -0.2) is 4.98 Å². The van der Waals surface area contributed by atoms with Gasteiger partial charge in [0.2, 0.25) is 11.8 Å². The van der Waals surface area contributed by atoms with Crippen LogP contribution >= 0.6 is 0 Å². The molecule has 1 heterocycles. The number of aryl methyl sites for hydroxylation is 1. The minimum absolute atomic E-state index is 0.00937. The van der Waals surface area contributed by atoms with Crippen molar-refractivity contribution >= 4 is 5.91 Å². The lowest BCUT2D eigenvalue weighted by molar-refractivity contribution is -0.120. The maximum absolute atomic E-state index is 11.9. The first kappa shape index (κ1) is 14.1. The first-order valence-electron chi connectivity index (χ1n) is 6.49. The van der Waals surface area contributed by atoms with Gasteiger partial charge in [-0.05, 0) is 23.6 Å². The topological polar surface area (TPSA) is 51.2 Å². The van der Waals surface area contributed by atoms with Gasteiger partial charge in [-0.2, -0.15) is 0 Å². The number of hydrogen-bond donors (Lipinski definition) is 1. The van der Waals surface area contributed by atoms with Gasteiger partial charge in [0.25, 0.3) is 0 Å². The Hall–Kier alpha value is -2.36.